The predicted octanol–water partition coefficient (Wildman–Crippen LogP) is 4.38. The largest absolute Gasteiger partial charge is 0.465 e. The molecule has 0 unspecified atom stereocenters. The fraction of sp³-hybridized carbons (Fsp3) is 0.167. The van der Waals surface area contributed by atoms with E-state index in [1.165, 1.54) is 7.11 Å². The lowest BCUT2D eigenvalue weighted by molar-refractivity contribution is 0.0597. The first-order valence-corrected chi connectivity index (χ1v) is 8.44. The first kappa shape index (κ1) is 15.7. The number of aromatic amines is 1. The summed E-state index contributed by atoms with van der Waals surface area (Å²) in [5.74, 6) is -1.32. The van der Waals surface area contributed by atoms with Crippen molar-refractivity contribution < 1.29 is 13.9 Å². The van der Waals surface area contributed by atoms with Crippen LogP contribution in [0.5, 0.6) is 0 Å². The monoisotopic (exact) mass is 355 g/mol. The van der Waals surface area contributed by atoms with Crippen LogP contribution in [0.3, 0.4) is 0 Å². The summed E-state index contributed by atoms with van der Waals surface area (Å²) in [6.45, 7) is 3.61. The van der Waals surface area contributed by atoms with Crippen LogP contribution in [-0.4, -0.2) is 28.3 Å². The number of hydrogen-bond donors (Lipinski definition) is 1. The number of carbonyl (C=O) groups is 1. The molecule has 5 nitrogen and oxygen atoms in total. The van der Waals surface area contributed by atoms with E-state index in [0.717, 1.165) is 20.8 Å². The van der Waals surface area contributed by atoms with E-state index in [4.69, 9.17) is 4.74 Å². The molecule has 0 spiro atoms. The Morgan fingerprint density at radius 3 is 2.88 bits per heavy atom. The second-order valence-corrected chi connectivity index (χ2v) is 6.99. The van der Waals surface area contributed by atoms with E-state index < -0.39 is 11.8 Å². The summed E-state index contributed by atoms with van der Waals surface area (Å²) < 4.78 is 20.7. The van der Waals surface area contributed by atoms with Gasteiger partial charge in [0.15, 0.2) is 0 Å². The normalized spacial score (nSPS) is 11.4. The minimum Gasteiger partial charge on any atom is -0.465 e. The number of nitrogens with zero attached hydrogens (tertiary/aromatic N) is 2. The van der Waals surface area contributed by atoms with Crippen molar-refractivity contribution in [3.63, 3.8) is 0 Å². The van der Waals surface area contributed by atoms with Crippen LogP contribution in [0.4, 0.5) is 4.39 Å². The van der Waals surface area contributed by atoms with Gasteiger partial charge in [-0.05, 0) is 42.7 Å². The number of carbonyl (C=O) groups excluding carboxylic acids is 1. The highest BCUT2D eigenvalue weighted by molar-refractivity contribution is 7.18. The smallest absolute Gasteiger partial charge is 0.343 e. The second kappa shape index (κ2) is 5.63. The molecule has 25 heavy (non-hydrogen) atoms. The second-order valence-electron chi connectivity index (χ2n) is 5.75. The molecular formula is C18H14FN3O2S. The zero-order valence-corrected chi connectivity index (χ0v) is 14.6. The highest BCUT2D eigenvalue weighted by atomic mass is 32.1. The standard InChI is InChI=1S/C18H14FN3O2S/c1-8-14(10-4-5-12-13(6-10)25-9(2)21-12)11-7-20-22-17(11)15(16(8)19)18(23)24-3/h4-7H,1-3H3,(H,20,22). The molecular weight excluding hydrogens is 341 g/mol. The number of fused-ring (bicyclic) bond motifs is 2. The van der Waals surface area contributed by atoms with Gasteiger partial charge in [-0.3, -0.25) is 5.10 Å². The number of nitrogens with one attached hydrogen (secondary N) is 1. The van der Waals surface area contributed by atoms with Crippen LogP contribution in [0.15, 0.2) is 24.4 Å². The van der Waals surface area contributed by atoms with Crippen LogP contribution in [0.1, 0.15) is 20.9 Å². The maximum absolute atomic E-state index is 15.0. The molecule has 2 aromatic heterocycles. The van der Waals surface area contributed by atoms with Crippen molar-refractivity contribution in [3.05, 3.63) is 46.3 Å². The van der Waals surface area contributed by atoms with Crippen LogP contribution >= 0.6 is 11.3 Å². The van der Waals surface area contributed by atoms with Crippen molar-refractivity contribution in [2.75, 3.05) is 7.11 Å². The van der Waals surface area contributed by atoms with Gasteiger partial charge in [0.2, 0.25) is 0 Å². The van der Waals surface area contributed by atoms with Gasteiger partial charge in [0.25, 0.3) is 0 Å². The van der Waals surface area contributed by atoms with E-state index >= 15 is 0 Å². The summed E-state index contributed by atoms with van der Waals surface area (Å²) in [6, 6.07) is 5.82. The Morgan fingerprint density at radius 2 is 2.12 bits per heavy atom. The van der Waals surface area contributed by atoms with Crippen LogP contribution in [0.2, 0.25) is 0 Å². The van der Waals surface area contributed by atoms with Crippen molar-refractivity contribution in [1.82, 2.24) is 15.2 Å². The molecule has 0 saturated carbocycles. The van der Waals surface area contributed by atoms with Crippen molar-refractivity contribution in [1.29, 1.82) is 0 Å². The van der Waals surface area contributed by atoms with Gasteiger partial charge in [-0.1, -0.05) is 6.07 Å². The molecule has 0 aliphatic rings. The minimum absolute atomic E-state index is 0.119. The summed E-state index contributed by atoms with van der Waals surface area (Å²) in [6.07, 6.45) is 1.60. The topological polar surface area (TPSA) is 67.9 Å². The summed E-state index contributed by atoms with van der Waals surface area (Å²) in [4.78, 5) is 16.5. The average Bonchev–Trinajstić information content (AvgIpc) is 3.20. The van der Waals surface area contributed by atoms with Crippen molar-refractivity contribution in [2.24, 2.45) is 0 Å². The Hall–Kier alpha value is -2.80. The average molecular weight is 355 g/mol. The Bertz CT molecular complexity index is 1150. The third-order valence-electron chi connectivity index (χ3n) is 4.26. The van der Waals surface area contributed by atoms with E-state index in [-0.39, 0.29) is 5.56 Å². The molecule has 0 amide bonds. The van der Waals surface area contributed by atoms with Gasteiger partial charge in [-0.15, -0.1) is 11.3 Å². The Kier molecular flexibility index (Phi) is 3.54. The Labute approximate surface area is 146 Å². The van der Waals surface area contributed by atoms with E-state index in [0.29, 0.717) is 22.0 Å². The number of rotatable bonds is 2. The molecule has 0 saturated heterocycles. The Balaban J connectivity index is 2.05. The Morgan fingerprint density at radius 1 is 1.32 bits per heavy atom. The van der Waals surface area contributed by atoms with Crippen molar-refractivity contribution in [3.8, 4) is 11.1 Å². The quantitative estimate of drug-likeness (QED) is 0.542. The fourth-order valence-electron chi connectivity index (χ4n) is 3.14. The van der Waals surface area contributed by atoms with Gasteiger partial charge in [-0.25, -0.2) is 14.2 Å². The van der Waals surface area contributed by atoms with Gasteiger partial charge in [0.1, 0.15) is 11.4 Å². The number of thiazole rings is 1. The maximum atomic E-state index is 15.0. The number of H-pyrrole nitrogens is 1. The van der Waals surface area contributed by atoms with Gasteiger partial charge >= 0.3 is 5.97 Å². The molecule has 0 fully saturated rings. The molecule has 2 heterocycles. The highest BCUT2D eigenvalue weighted by Gasteiger charge is 2.24. The van der Waals surface area contributed by atoms with Gasteiger partial charge < -0.3 is 4.74 Å². The summed E-state index contributed by atoms with van der Waals surface area (Å²) in [7, 11) is 1.23. The molecule has 4 rings (SSSR count). The molecule has 0 atom stereocenters. The van der Waals surface area contributed by atoms with E-state index in [1.807, 2.05) is 25.1 Å². The number of aromatic nitrogens is 3. The van der Waals surface area contributed by atoms with Gasteiger partial charge in [0.05, 0.1) is 34.0 Å². The molecule has 2 aromatic carbocycles. The highest BCUT2D eigenvalue weighted by Crippen LogP contribution is 2.37. The molecule has 0 aliphatic heterocycles. The van der Waals surface area contributed by atoms with Crippen LogP contribution in [0.25, 0.3) is 32.2 Å². The lowest BCUT2D eigenvalue weighted by atomic mass is 9.93. The zero-order chi connectivity index (χ0) is 17.7. The van der Waals surface area contributed by atoms with E-state index in [1.54, 1.807) is 24.5 Å². The van der Waals surface area contributed by atoms with Crippen molar-refractivity contribution >= 4 is 38.4 Å². The molecule has 0 aliphatic carbocycles. The number of esters is 1. The number of halogens is 1. The summed E-state index contributed by atoms with van der Waals surface area (Å²) in [5, 5.41) is 8.38. The van der Waals surface area contributed by atoms with Gasteiger partial charge in [-0.2, -0.15) is 5.10 Å². The minimum atomic E-state index is -0.727. The lowest BCUT2D eigenvalue weighted by Gasteiger charge is -2.12. The number of methoxy groups -OCH3 is 1. The zero-order valence-electron chi connectivity index (χ0n) is 13.8. The first-order valence-electron chi connectivity index (χ1n) is 7.62. The van der Waals surface area contributed by atoms with Gasteiger partial charge in [0, 0.05) is 5.39 Å². The number of aryl methyl sites for hydroxylation is 1. The predicted molar refractivity (Wildman–Crippen MR) is 95.5 cm³/mol. The molecule has 0 bridgehead atoms. The summed E-state index contributed by atoms with van der Waals surface area (Å²) >= 11 is 1.59. The molecule has 7 heteroatoms. The molecule has 1 N–H and O–H groups in total. The van der Waals surface area contributed by atoms with Crippen molar-refractivity contribution in [2.45, 2.75) is 13.8 Å². The SMILES string of the molecule is COC(=O)c1c(F)c(C)c(-c2ccc3nc(C)sc3c2)c2cn[nH]c12. The van der Waals surface area contributed by atoms with Crippen LogP contribution in [0, 0.1) is 19.7 Å². The van der Waals surface area contributed by atoms with E-state index in [2.05, 4.69) is 15.2 Å². The summed E-state index contributed by atoms with van der Waals surface area (Å²) in [5.41, 5.74) is 3.09. The van der Waals surface area contributed by atoms with E-state index in [9.17, 15) is 9.18 Å². The number of ether oxygens (including phenoxy) is 1. The fourth-order valence-corrected chi connectivity index (χ4v) is 4.00. The lowest BCUT2D eigenvalue weighted by Crippen LogP contribution is -2.08. The molecule has 126 valence electrons. The number of benzene rings is 2. The molecule has 0 radical (unpaired) electrons. The maximum Gasteiger partial charge on any atom is 0.343 e. The number of hydrogen-bond acceptors (Lipinski definition) is 5. The third kappa shape index (κ3) is 2.31. The van der Waals surface area contributed by atoms with Crippen LogP contribution < -0.4 is 0 Å². The first-order chi connectivity index (χ1) is 12.0. The third-order valence-corrected chi connectivity index (χ3v) is 5.19. The van der Waals surface area contributed by atoms with Crippen LogP contribution in [-0.2, 0) is 4.74 Å². The molecule has 4 aromatic rings.